The molecular weight excluding hydrogens is 215 g/mol. The third kappa shape index (κ3) is 2.61. The first-order valence-electron chi connectivity index (χ1n) is 4.05. The fourth-order valence-corrected chi connectivity index (χ4v) is 1.17. The van der Waals surface area contributed by atoms with Gasteiger partial charge in [-0.25, -0.2) is 4.98 Å². The maximum absolute atomic E-state index is 12.3. The maximum atomic E-state index is 12.3. The van der Waals surface area contributed by atoms with E-state index in [9.17, 15) is 13.2 Å². The number of alkyl halides is 3. The second kappa shape index (κ2) is 3.77. The Hall–Kier alpha value is -0.770. The van der Waals surface area contributed by atoms with E-state index in [2.05, 4.69) is 4.98 Å². The highest BCUT2D eigenvalue weighted by Crippen LogP contribution is 2.30. The van der Waals surface area contributed by atoms with Crippen molar-refractivity contribution in [3.8, 4) is 0 Å². The summed E-state index contributed by atoms with van der Waals surface area (Å²) in [5, 5.41) is 0.0658. The largest absolute Gasteiger partial charge is 0.433 e. The van der Waals surface area contributed by atoms with Crippen LogP contribution in [0.2, 0.25) is 5.02 Å². The molecular formula is C9H9ClF3N. The second-order valence-corrected chi connectivity index (χ2v) is 3.68. The normalized spacial score (nSPS) is 12.2. The van der Waals surface area contributed by atoms with Gasteiger partial charge < -0.3 is 0 Å². The Labute approximate surface area is 84.9 Å². The molecule has 0 saturated heterocycles. The number of halogens is 4. The lowest BCUT2D eigenvalue weighted by molar-refractivity contribution is -0.141. The molecule has 1 aromatic rings. The Morgan fingerprint density at radius 3 is 2.29 bits per heavy atom. The van der Waals surface area contributed by atoms with Crippen LogP contribution in [0, 0.1) is 0 Å². The molecule has 0 aliphatic carbocycles. The van der Waals surface area contributed by atoms with Crippen molar-refractivity contribution >= 4 is 11.6 Å². The number of rotatable bonds is 1. The molecule has 0 spiro atoms. The third-order valence-electron chi connectivity index (χ3n) is 1.69. The van der Waals surface area contributed by atoms with Crippen LogP contribution in [-0.2, 0) is 6.18 Å². The van der Waals surface area contributed by atoms with Gasteiger partial charge in [0.15, 0.2) is 0 Å². The van der Waals surface area contributed by atoms with Crippen molar-refractivity contribution in [2.75, 3.05) is 0 Å². The number of hydrogen-bond acceptors (Lipinski definition) is 1. The standard InChI is InChI=1S/C9H9ClF3N/c1-5(2)7-3-6(10)4-8(14-7)9(11,12)13/h3-5H,1-2H3. The SMILES string of the molecule is CC(C)c1cc(Cl)cc(C(F)(F)F)n1. The molecule has 0 aliphatic rings. The van der Waals surface area contributed by atoms with Gasteiger partial charge in [0, 0.05) is 10.7 Å². The van der Waals surface area contributed by atoms with Crippen LogP contribution in [0.15, 0.2) is 12.1 Å². The highest BCUT2D eigenvalue weighted by molar-refractivity contribution is 6.30. The van der Waals surface area contributed by atoms with E-state index in [0.717, 1.165) is 6.07 Å². The van der Waals surface area contributed by atoms with Crippen LogP contribution >= 0.6 is 11.6 Å². The summed E-state index contributed by atoms with van der Waals surface area (Å²) >= 11 is 5.56. The fraction of sp³-hybridized carbons (Fsp3) is 0.444. The highest BCUT2D eigenvalue weighted by Gasteiger charge is 2.33. The molecule has 0 radical (unpaired) electrons. The zero-order valence-corrected chi connectivity index (χ0v) is 8.45. The third-order valence-corrected chi connectivity index (χ3v) is 1.91. The van der Waals surface area contributed by atoms with Crippen molar-refractivity contribution in [1.29, 1.82) is 0 Å². The van der Waals surface area contributed by atoms with Crippen molar-refractivity contribution in [2.24, 2.45) is 0 Å². The van der Waals surface area contributed by atoms with Crippen molar-refractivity contribution in [1.82, 2.24) is 4.98 Å². The van der Waals surface area contributed by atoms with E-state index in [1.807, 2.05) is 0 Å². The molecule has 0 N–H and O–H groups in total. The van der Waals surface area contributed by atoms with Gasteiger partial charge >= 0.3 is 6.18 Å². The topological polar surface area (TPSA) is 12.9 Å². The average molecular weight is 224 g/mol. The van der Waals surface area contributed by atoms with E-state index in [1.54, 1.807) is 13.8 Å². The Balaban J connectivity index is 3.21. The van der Waals surface area contributed by atoms with E-state index in [0.29, 0.717) is 5.69 Å². The summed E-state index contributed by atoms with van der Waals surface area (Å²) in [6.45, 7) is 3.53. The van der Waals surface area contributed by atoms with Gasteiger partial charge in [0.05, 0.1) is 0 Å². The van der Waals surface area contributed by atoms with Crippen LogP contribution in [0.25, 0.3) is 0 Å². The first-order valence-corrected chi connectivity index (χ1v) is 4.43. The van der Waals surface area contributed by atoms with Crippen molar-refractivity contribution in [2.45, 2.75) is 25.9 Å². The van der Waals surface area contributed by atoms with Gasteiger partial charge in [-0.2, -0.15) is 13.2 Å². The summed E-state index contributed by atoms with van der Waals surface area (Å²) in [5.41, 5.74) is -0.585. The Morgan fingerprint density at radius 1 is 1.29 bits per heavy atom. The molecule has 78 valence electrons. The molecule has 5 heteroatoms. The molecule has 0 saturated carbocycles. The average Bonchev–Trinajstić information content (AvgIpc) is 2.01. The van der Waals surface area contributed by atoms with Gasteiger partial charge in [-0.15, -0.1) is 0 Å². The minimum atomic E-state index is -4.44. The lowest BCUT2D eigenvalue weighted by Gasteiger charge is -2.10. The van der Waals surface area contributed by atoms with E-state index in [4.69, 9.17) is 11.6 Å². The molecule has 0 unspecified atom stereocenters. The minimum Gasteiger partial charge on any atom is -0.248 e. The molecule has 0 fully saturated rings. The summed E-state index contributed by atoms with van der Waals surface area (Å²) in [5.74, 6) is -0.0743. The molecule has 0 bridgehead atoms. The van der Waals surface area contributed by atoms with Crippen LogP contribution in [0.1, 0.15) is 31.2 Å². The van der Waals surface area contributed by atoms with E-state index in [-0.39, 0.29) is 10.9 Å². The second-order valence-electron chi connectivity index (χ2n) is 3.25. The van der Waals surface area contributed by atoms with Crippen LogP contribution < -0.4 is 0 Å². The predicted octanol–water partition coefficient (Wildman–Crippen LogP) is 3.88. The Kier molecular flexibility index (Phi) is 3.04. The maximum Gasteiger partial charge on any atom is 0.433 e. The monoisotopic (exact) mass is 223 g/mol. The fourth-order valence-electron chi connectivity index (χ4n) is 0.958. The lowest BCUT2D eigenvalue weighted by atomic mass is 10.1. The smallest absolute Gasteiger partial charge is 0.248 e. The number of hydrogen-bond donors (Lipinski definition) is 0. The van der Waals surface area contributed by atoms with Crippen LogP contribution in [-0.4, -0.2) is 4.98 Å². The van der Waals surface area contributed by atoms with Gasteiger partial charge in [0.25, 0.3) is 0 Å². The van der Waals surface area contributed by atoms with Crippen molar-refractivity contribution < 1.29 is 13.2 Å². The summed E-state index contributed by atoms with van der Waals surface area (Å²) in [4.78, 5) is 3.49. The molecule has 0 atom stereocenters. The van der Waals surface area contributed by atoms with Crippen LogP contribution in [0.5, 0.6) is 0 Å². The van der Waals surface area contributed by atoms with E-state index < -0.39 is 11.9 Å². The summed E-state index contributed by atoms with van der Waals surface area (Å²) < 4.78 is 36.9. The minimum absolute atomic E-state index is 0.0658. The molecule has 14 heavy (non-hydrogen) atoms. The van der Waals surface area contributed by atoms with Gasteiger partial charge in [-0.3, -0.25) is 0 Å². The summed E-state index contributed by atoms with van der Waals surface area (Å²) in [6, 6.07) is 2.27. The van der Waals surface area contributed by atoms with E-state index >= 15 is 0 Å². The molecule has 0 aliphatic heterocycles. The summed E-state index contributed by atoms with van der Waals surface area (Å²) in [7, 11) is 0. The lowest BCUT2D eigenvalue weighted by Crippen LogP contribution is -2.10. The van der Waals surface area contributed by atoms with Crippen LogP contribution in [0.4, 0.5) is 13.2 Å². The number of aromatic nitrogens is 1. The molecule has 0 amide bonds. The Morgan fingerprint density at radius 2 is 1.86 bits per heavy atom. The van der Waals surface area contributed by atoms with Crippen molar-refractivity contribution in [3.63, 3.8) is 0 Å². The first kappa shape index (κ1) is 11.3. The number of pyridine rings is 1. The van der Waals surface area contributed by atoms with Crippen molar-refractivity contribution in [3.05, 3.63) is 28.5 Å². The molecule has 0 aromatic carbocycles. The van der Waals surface area contributed by atoms with Gasteiger partial charge in [0.1, 0.15) is 5.69 Å². The molecule has 1 aromatic heterocycles. The van der Waals surface area contributed by atoms with E-state index in [1.165, 1.54) is 6.07 Å². The molecule has 1 heterocycles. The quantitative estimate of drug-likeness (QED) is 0.704. The molecule has 1 rings (SSSR count). The highest BCUT2D eigenvalue weighted by atomic mass is 35.5. The van der Waals surface area contributed by atoms with Gasteiger partial charge in [0.2, 0.25) is 0 Å². The number of nitrogens with zero attached hydrogens (tertiary/aromatic N) is 1. The van der Waals surface area contributed by atoms with Crippen LogP contribution in [0.3, 0.4) is 0 Å². The van der Waals surface area contributed by atoms with Gasteiger partial charge in [-0.05, 0) is 18.1 Å². The zero-order chi connectivity index (χ0) is 10.9. The van der Waals surface area contributed by atoms with Gasteiger partial charge in [-0.1, -0.05) is 25.4 Å². The summed E-state index contributed by atoms with van der Waals surface area (Å²) in [6.07, 6.45) is -4.44. The zero-order valence-electron chi connectivity index (χ0n) is 7.69. The molecule has 1 nitrogen and oxygen atoms in total. The predicted molar refractivity (Wildman–Crippen MR) is 48.3 cm³/mol. The first-order chi connectivity index (χ1) is 6.30. The Bertz CT molecular complexity index is 333.